The largest absolute Gasteiger partial charge is 0.477 e. The first-order valence-electron chi connectivity index (χ1n) is 4.60. The maximum absolute atomic E-state index is 10.8. The Kier molecular flexibility index (Phi) is 2.32. The van der Waals surface area contributed by atoms with Gasteiger partial charge in [-0.2, -0.15) is 9.78 Å². The number of aromatic carboxylic acids is 1. The smallest absolute Gasteiger partial charge is 0.341 e. The molecule has 82 valence electrons. The van der Waals surface area contributed by atoms with Crippen LogP contribution < -0.4 is 5.73 Å². The van der Waals surface area contributed by atoms with Crippen LogP contribution in [0.1, 0.15) is 15.9 Å². The van der Waals surface area contributed by atoms with Crippen molar-refractivity contribution in [3.63, 3.8) is 0 Å². The highest BCUT2D eigenvalue weighted by Gasteiger charge is 2.16. The molecule has 6 heteroatoms. The van der Waals surface area contributed by atoms with E-state index in [1.165, 1.54) is 10.9 Å². The van der Waals surface area contributed by atoms with Crippen LogP contribution in [0.15, 0.2) is 24.5 Å². The molecular formula is C10H10N4O2. The number of anilines is 1. The van der Waals surface area contributed by atoms with E-state index in [1.807, 2.05) is 13.0 Å². The third-order valence-corrected chi connectivity index (χ3v) is 2.22. The number of aromatic nitrogens is 3. The van der Waals surface area contributed by atoms with Crippen molar-refractivity contribution in [1.29, 1.82) is 0 Å². The monoisotopic (exact) mass is 218 g/mol. The lowest BCUT2D eigenvalue weighted by molar-refractivity contribution is 0.0698. The van der Waals surface area contributed by atoms with Crippen LogP contribution >= 0.6 is 0 Å². The quantitative estimate of drug-likeness (QED) is 0.779. The topological polar surface area (TPSA) is 94.0 Å². The van der Waals surface area contributed by atoms with Gasteiger partial charge in [0.1, 0.15) is 11.4 Å². The van der Waals surface area contributed by atoms with Crippen LogP contribution in [-0.2, 0) is 0 Å². The zero-order valence-electron chi connectivity index (χ0n) is 8.58. The minimum atomic E-state index is -1.10. The molecule has 0 spiro atoms. The van der Waals surface area contributed by atoms with Crippen LogP contribution in [0.4, 0.5) is 5.82 Å². The highest BCUT2D eigenvalue weighted by Crippen LogP contribution is 2.17. The molecule has 2 rings (SSSR count). The predicted molar refractivity (Wildman–Crippen MR) is 57.5 cm³/mol. The summed E-state index contributed by atoms with van der Waals surface area (Å²) in [6.07, 6.45) is 2.82. The molecule has 0 saturated heterocycles. The maximum Gasteiger partial charge on any atom is 0.341 e. The normalized spacial score (nSPS) is 10.3. The Morgan fingerprint density at radius 1 is 1.56 bits per heavy atom. The molecule has 2 aromatic rings. The zero-order chi connectivity index (χ0) is 11.7. The first-order valence-corrected chi connectivity index (χ1v) is 4.60. The van der Waals surface area contributed by atoms with E-state index in [0.717, 1.165) is 5.56 Å². The van der Waals surface area contributed by atoms with Gasteiger partial charge in [0, 0.05) is 6.20 Å². The van der Waals surface area contributed by atoms with E-state index in [0.29, 0.717) is 5.82 Å². The zero-order valence-corrected chi connectivity index (χ0v) is 8.58. The van der Waals surface area contributed by atoms with Crippen LogP contribution in [0.2, 0.25) is 0 Å². The molecule has 0 atom stereocenters. The summed E-state index contributed by atoms with van der Waals surface area (Å²) in [5.74, 6) is -0.487. The number of nitrogens with two attached hydrogens (primary N) is 1. The molecule has 0 aliphatic rings. The summed E-state index contributed by atoms with van der Waals surface area (Å²) < 4.78 is 1.32. The Morgan fingerprint density at radius 2 is 2.31 bits per heavy atom. The second-order valence-corrected chi connectivity index (χ2v) is 3.30. The van der Waals surface area contributed by atoms with Crippen molar-refractivity contribution in [3.05, 3.63) is 35.7 Å². The molecule has 0 aliphatic heterocycles. The third-order valence-electron chi connectivity index (χ3n) is 2.22. The third kappa shape index (κ3) is 1.50. The number of pyridine rings is 1. The Morgan fingerprint density at radius 3 is 2.88 bits per heavy atom. The van der Waals surface area contributed by atoms with Crippen LogP contribution in [-0.4, -0.2) is 25.8 Å². The lowest BCUT2D eigenvalue weighted by Crippen LogP contribution is -2.08. The fourth-order valence-electron chi connectivity index (χ4n) is 1.39. The van der Waals surface area contributed by atoms with E-state index in [1.54, 1.807) is 12.3 Å². The van der Waals surface area contributed by atoms with Crippen molar-refractivity contribution in [1.82, 2.24) is 14.8 Å². The van der Waals surface area contributed by atoms with E-state index >= 15 is 0 Å². The summed E-state index contributed by atoms with van der Waals surface area (Å²) in [4.78, 5) is 14.9. The van der Waals surface area contributed by atoms with Crippen molar-refractivity contribution >= 4 is 11.8 Å². The van der Waals surface area contributed by atoms with Gasteiger partial charge in [0.05, 0.1) is 6.20 Å². The highest BCUT2D eigenvalue weighted by molar-refractivity contribution is 5.92. The van der Waals surface area contributed by atoms with E-state index < -0.39 is 5.97 Å². The van der Waals surface area contributed by atoms with Gasteiger partial charge in [-0.05, 0) is 18.6 Å². The molecule has 2 aromatic heterocycles. The van der Waals surface area contributed by atoms with Crippen molar-refractivity contribution in [2.45, 2.75) is 6.92 Å². The van der Waals surface area contributed by atoms with Gasteiger partial charge in [-0.25, -0.2) is 9.78 Å². The lowest BCUT2D eigenvalue weighted by atomic mass is 10.3. The molecule has 0 unspecified atom stereocenters. The van der Waals surface area contributed by atoms with Gasteiger partial charge < -0.3 is 10.8 Å². The fraction of sp³-hybridized carbons (Fsp3) is 0.100. The molecule has 0 radical (unpaired) electrons. The molecule has 0 aliphatic carbocycles. The second kappa shape index (κ2) is 3.65. The Bertz CT molecular complexity index is 548. The molecule has 0 fully saturated rings. The predicted octanol–water partition coefficient (Wildman–Crippen LogP) is 0.856. The number of hydrogen-bond donors (Lipinski definition) is 2. The van der Waals surface area contributed by atoms with E-state index in [9.17, 15) is 4.79 Å². The molecule has 6 nitrogen and oxygen atoms in total. The highest BCUT2D eigenvalue weighted by atomic mass is 16.4. The van der Waals surface area contributed by atoms with Gasteiger partial charge in [-0.1, -0.05) is 6.07 Å². The van der Waals surface area contributed by atoms with Gasteiger partial charge in [0.25, 0.3) is 0 Å². The van der Waals surface area contributed by atoms with Crippen molar-refractivity contribution < 1.29 is 9.90 Å². The van der Waals surface area contributed by atoms with Crippen LogP contribution in [0.25, 0.3) is 5.82 Å². The van der Waals surface area contributed by atoms with E-state index in [2.05, 4.69) is 10.1 Å². The molecule has 0 aromatic carbocycles. The first kappa shape index (κ1) is 10.2. The average Bonchev–Trinajstić information content (AvgIpc) is 2.61. The number of nitrogen functional groups attached to an aromatic ring is 1. The van der Waals surface area contributed by atoms with Gasteiger partial charge in [-0.3, -0.25) is 0 Å². The van der Waals surface area contributed by atoms with E-state index in [-0.39, 0.29) is 11.4 Å². The van der Waals surface area contributed by atoms with Gasteiger partial charge >= 0.3 is 5.97 Å². The molecule has 2 heterocycles. The summed E-state index contributed by atoms with van der Waals surface area (Å²) >= 11 is 0. The van der Waals surface area contributed by atoms with Gasteiger partial charge in [-0.15, -0.1) is 0 Å². The molecule has 0 bridgehead atoms. The fourth-order valence-corrected chi connectivity index (χ4v) is 1.39. The maximum atomic E-state index is 10.8. The Balaban J connectivity index is 2.58. The van der Waals surface area contributed by atoms with Crippen LogP contribution in [0.3, 0.4) is 0 Å². The average molecular weight is 218 g/mol. The number of nitrogens with zero attached hydrogens (tertiary/aromatic N) is 3. The number of carbonyl (C=O) groups is 1. The second-order valence-electron chi connectivity index (χ2n) is 3.30. The molecule has 16 heavy (non-hydrogen) atoms. The summed E-state index contributed by atoms with van der Waals surface area (Å²) in [5, 5.41) is 12.8. The van der Waals surface area contributed by atoms with Crippen molar-refractivity contribution in [2.24, 2.45) is 0 Å². The summed E-state index contributed by atoms with van der Waals surface area (Å²) in [6, 6.07) is 3.64. The van der Waals surface area contributed by atoms with Crippen molar-refractivity contribution in [3.8, 4) is 5.82 Å². The SMILES string of the molecule is Cc1cccnc1-n1ncc(C(=O)O)c1N. The van der Waals surface area contributed by atoms with Gasteiger partial charge in [0.2, 0.25) is 0 Å². The molecular weight excluding hydrogens is 208 g/mol. The standard InChI is InChI=1S/C10H10N4O2/c1-6-3-2-4-12-9(6)14-8(11)7(5-13-14)10(15)16/h2-5H,11H2,1H3,(H,15,16). The molecule has 0 amide bonds. The minimum absolute atomic E-state index is 0.0231. The lowest BCUT2D eigenvalue weighted by Gasteiger charge is -2.05. The summed E-state index contributed by atoms with van der Waals surface area (Å²) in [7, 11) is 0. The molecule has 3 N–H and O–H groups in total. The number of rotatable bonds is 2. The summed E-state index contributed by atoms with van der Waals surface area (Å²) in [6.45, 7) is 1.85. The number of hydrogen-bond acceptors (Lipinski definition) is 4. The Labute approximate surface area is 91.3 Å². The first-order chi connectivity index (χ1) is 7.61. The van der Waals surface area contributed by atoms with E-state index in [4.69, 9.17) is 10.8 Å². The van der Waals surface area contributed by atoms with Gasteiger partial charge in [0.15, 0.2) is 5.82 Å². The number of aryl methyl sites for hydroxylation is 1. The Hall–Kier alpha value is -2.37. The summed E-state index contributed by atoms with van der Waals surface area (Å²) in [5.41, 5.74) is 6.53. The van der Waals surface area contributed by atoms with Crippen molar-refractivity contribution in [2.75, 3.05) is 5.73 Å². The number of carboxylic acid groups (broad SMARTS) is 1. The van der Waals surface area contributed by atoms with Crippen LogP contribution in [0.5, 0.6) is 0 Å². The van der Waals surface area contributed by atoms with Crippen LogP contribution in [0, 0.1) is 6.92 Å². The number of carboxylic acids is 1. The minimum Gasteiger partial charge on any atom is -0.477 e. The molecule has 0 saturated carbocycles.